The summed E-state index contributed by atoms with van der Waals surface area (Å²) in [6.07, 6.45) is 6.61. The third kappa shape index (κ3) is 4.20. The lowest BCUT2D eigenvalue weighted by molar-refractivity contribution is 0.481. The smallest absolute Gasteiger partial charge is 0.111 e. The van der Waals surface area contributed by atoms with Crippen molar-refractivity contribution in [1.29, 1.82) is 5.26 Å². The standard InChI is InChI=1S/C13H22N4/c1-11(2)12-16-7-9-17(12)8-5-4-6-13(3,15)10-14/h7,9,11H,4-6,8,15H2,1-3H3. The number of imidazole rings is 1. The van der Waals surface area contributed by atoms with Gasteiger partial charge in [0.15, 0.2) is 0 Å². The summed E-state index contributed by atoms with van der Waals surface area (Å²) in [5, 5.41) is 8.80. The van der Waals surface area contributed by atoms with Crippen LogP contribution in [-0.4, -0.2) is 15.1 Å². The number of nitriles is 1. The molecule has 1 heterocycles. The molecule has 2 N–H and O–H groups in total. The Labute approximate surface area is 103 Å². The van der Waals surface area contributed by atoms with Crippen molar-refractivity contribution < 1.29 is 0 Å². The van der Waals surface area contributed by atoms with Gasteiger partial charge in [0.25, 0.3) is 0 Å². The summed E-state index contributed by atoms with van der Waals surface area (Å²) in [6, 6.07) is 2.12. The number of rotatable bonds is 6. The number of aromatic nitrogens is 2. The van der Waals surface area contributed by atoms with E-state index in [2.05, 4.69) is 29.5 Å². The first-order chi connectivity index (χ1) is 7.96. The van der Waals surface area contributed by atoms with Crippen molar-refractivity contribution in [2.75, 3.05) is 0 Å². The molecule has 4 heteroatoms. The summed E-state index contributed by atoms with van der Waals surface area (Å²) in [4.78, 5) is 4.35. The van der Waals surface area contributed by atoms with Gasteiger partial charge in [-0.3, -0.25) is 0 Å². The number of aryl methyl sites for hydroxylation is 1. The quantitative estimate of drug-likeness (QED) is 0.768. The first-order valence-electron chi connectivity index (χ1n) is 6.17. The van der Waals surface area contributed by atoms with Crippen molar-refractivity contribution in [3.63, 3.8) is 0 Å². The molecule has 0 fully saturated rings. The molecule has 1 aromatic heterocycles. The van der Waals surface area contributed by atoms with E-state index in [1.807, 2.05) is 12.4 Å². The minimum atomic E-state index is -0.685. The highest BCUT2D eigenvalue weighted by Gasteiger charge is 2.16. The van der Waals surface area contributed by atoms with Crippen LogP contribution in [0.25, 0.3) is 0 Å². The lowest BCUT2D eigenvalue weighted by atomic mass is 9.98. The molecule has 4 nitrogen and oxygen atoms in total. The lowest BCUT2D eigenvalue weighted by Gasteiger charge is -2.15. The van der Waals surface area contributed by atoms with E-state index in [9.17, 15) is 0 Å². The zero-order valence-electron chi connectivity index (χ0n) is 11.0. The van der Waals surface area contributed by atoms with Gasteiger partial charge in [-0.1, -0.05) is 13.8 Å². The number of nitrogens with zero attached hydrogens (tertiary/aromatic N) is 3. The third-order valence-electron chi connectivity index (χ3n) is 2.86. The Morgan fingerprint density at radius 2 is 2.24 bits per heavy atom. The molecular formula is C13H22N4. The Bertz CT molecular complexity index is 384. The average molecular weight is 234 g/mol. The molecule has 1 atom stereocenters. The van der Waals surface area contributed by atoms with Gasteiger partial charge in [-0.15, -0.1) is 0 Å². The normalized spacial score (nSPS) is 14.6. The van der Waals surface area contributed by atoms with Crippen LogP contribution >= 0.6 is 0 Å². The maximum absolute atomic E-state index is 8.80. The Balaban J connectivity index is 2.37. The van der Waals surface area contributed by atoms with Gasteiger partial charge >= 0.3 is 0 Å². The van der Waals surface area contributed by atoms with Crippen LogP contribution < -0.4 is 5.73 Å². The van der Waals surface area contributed by atoms with Crippen molar-refractivity contribution in [3.8, 4) is 6.07 Å². The number of nitrogens with two attached hydrogens (primary N) is 1. The fraction of sp³-hybridized carbons (Fsp3) is 0.692. The van der Waals surface area contributed by atoms with Crippen LogP contribution in [-0.2, 0) is 6.54 Å². The van der Waals surface area contributed by atoms with Gasteiger partial charge in [-0.25, -0.2) is 4.98 Å². The lowest BCUT2D eigenvalue weighted by Crippen LogP contribution is -2.33. The van der Waals surface area contributed by atoms with Gasteiger partial charge in [0.05, 0.1) is 6.07 Å². The molecule has 1 unspecified atom stereocenters. The van der Waals surface area contributed by atoms with Gasteiger partial charge in [0.2, 0.25) is 0 Å². The second-order valence-electron chi connectivity index (χ2n) is 5.12. The van der Waals surface area contributed by atoms with Crippen molar-refractivity contribution in [2.45, 2.75) is 58.0 Å². The number of unbranched alkanes of at least 4 members (excludes halogenated alkanes) is 1. The van der Waals surface area contributed by atoms with Gasteiger partial charge in [0, 0.05) is 24.9 Å². The molecule has 1 rings (SSSR count). The van der Waals surface area contributed by atoms with Crippen molar-refractivity contribution in [1.82, 2.24) is 9.55 Å². The van der Waals surface area contributed by atoms with E-state index in [0.717, 1.165) is 31.6 Å². The predicted molar refractivity (Wildman–Crippen MR) is 68.4 cm³/mol. The molecule has 94 valence electrons. The van der Waals surface area contributed by atoms with Gasteiger partial charge in [0.1, 0.15) is 11.4 Å². The summed E-state index contributed by atoms with van der Waals surface area (Å²) >= 11 is 0. The molecule has 0 aliphatic rings. The van der Waals surface area contributed by atoms with Gasteiger partial charge in [-0.2, -0.15) is 5.26 Å². The number of hydrogen-bond donors (Lipinski definition) is 1. The Kier molecular flexibility index (Phi) is 4.71. The zero-order valence-corrected chi connectivity index (χ0v) is 11.0. The van der Waals surface area contributed by atoms with Crippen molar-refractivity contribution in [2.24, 2.45) is 5.73 Å². The maximum Gasteiger partial charge on any atom is 0.111 e. The molecule has 0 radical (unpaired) electrons. The van der Waals surface area contributed by atoms with Crippen LogP contribution in [0.4, 0.5) is 0 Å². The van der Waals surface area contributed by atoms with E-state index in [1.165, 1.54) is 0 Å². The molecule has 17 heavy (non-hydrogen) atoms. The fourth-order valence-corrected chi connectivity index (χ4v) is 1.84. The van der Waals surface area contributed by atoms with E-state index in [-0.39, 0.29) is 0 Å². The van der Waals surface area contributed by atoms with Crippen LogP contribution in [0.15, 0.2) is 12.4 Å². The summed E-state index contributed by atoms with van der Waals surface area (Å²) in [5.41, 5.74) is 5.09. The molecular weight excluding hydrogens is 212 g/mol. The van der Waals surface area contributed by atoms with E-state index in [4.69, 9.17) is 11.0 Å². The predicted octanol–water partition coefficient (Wildman–Crippen LogP) is 2.42. The van der Waals surface area contributed by atoms with Crippen LogP contribution in [0.2, 0.25) is 0 Å². The molecule has 0 amide bonds. The van der Waals surface area contributed by atoms with E-state index in [1.54, 1.807) is 6.92 Å². The van der Waals surface area contributed by atoms with Crippen LogP contribution in [0.1, 0.15) is 51.8 Å². The van der Waals surface area contributed by atoms with Gasteiger partial charge in [-0.05, 0) is 26.2 Å². The minimum Gasteiger partial charge on any atom is -0.335 e. The monoisotopic (exact) mass is 234 g/mol. The Morgan fingerprint density at radius 1 is 1.53 bits per heavy atom. The van der Waals surface area contributed by atoms with Crippen molar-refractivity contribution >= 4 is 0 Å². The first-order valence-corrected chi connectivity index (χ1v) is 6.17. The summed E-state index contributed by atoms with van der Waals surface area (Å²) < 4.78 is 2.19. The Hall–Kier alpha value is -1.34. The summed E-state index contributed by atoms with van der Waals surface area (Å²) in [6.45, 7) is 7.02. The SMILES string of the molecule is CC(C)c1nccn1CCCCC(C)(N)C#N. The average Bonchev–Trinajstić information content (AvgIpc) is 2.73. The van der Waals surface area contributed by atoms with Crippen molar-refractivity contribution in [3.05, 3.63) is 18.2 Å². The second-order valence-corrected chi connectivity index (χ2v) is 5.12. The second kappa shape index (κ2) is 5.83. The maximum atomic E-state index is 8.80. The molecule has 0 bridgehead atoms. The highest BCUT2D eigenvalue weighted by atomic mass is 15.1. The topological polar surface area (TPSA) is 67.6 Å². The van der Waals surface area contributed by atoms with E-state index < -0.39 is 5.54 Å². The largest absolute Gasteiger partial charge is 0.335 e. The number of hydrogen-bond acceptors (Lipinski definition) is 3. The molecule has 0 spiro atoms. The van der Waals surface area contributed by atoms with Crippen LogP contribution in [0.5, 0.6) is 0 Å². The first kappa shape index (κ1) is 13.7. The van der Waals surface area contributed by atoms with Crippen LogP contribution in [0, 0.1) is 11.3 Å². The molecule has 1 aromatic rings. The minimum absolute atomic E-state index is 0.448. The molecule has 0 saturated heterocycles. The van der Waals surface area contributed by atoms with E-state index >= 15 is 0 Å². The van der Waals surface area contributed by atoms with Gasteiger partial charge < -0.3 is 10.3 Å². The highest BCUT2D eigenvalue weighted by Crippen LogP contribution is 2.14. The molecule has 0 saturated carbocycles. The zero-order chi connectivity index (χ0) is 12.9. The molecule has 0 aliphatic carbocycles. The molecule has 0 aromatic carbocycles. The highest BCUT2D eigenvalue weighted by molar-refractivity contribution is 5.00. The van der Waals surface area contributed by atoms with E-state index in [0.29, 0.717) is 5.92 Å². The third-order valence-corrected chi connectivity index (χ3v) is 2.86. The summed E-state index contributed by atoms with van der Waals surface area (Å²) in [7, 11) is 0. The Morgan fingerprint density at radius 3 is 2.82 bits per heavy atom. The molecule has 0 aliphatic heterocycles. The van der Waals surface area contributed by atoms with Crippen LogP contribution in [0.3, 0.4) is 0 Å². The fourth-order valence-electron chi connectivity index (χ4n) is 1.84. The summed E-state index contributed by atoms with van der Waals surface area (Å²) in [5.74, 6) is 1.57.